The number of amides is 2. The molecule has 10 nitrogen and oxygen atoms in total. The van der Waals surface area contributed by atoms with Crippen LogP contribution < -0.4 is 5.69 Å². The summed E-state index contributed by atoms with van der Waals surface area (Å²) in [7, 11) is 3.97. The molecule has 248 valence electrons. The fourth-order valence-corrected chi connectivity index (χ4v) is 6.90. The van der Waals surface area contributed by atoms with E-state index in [4.69, 9.17) is 0 Å². The zero-order valence-corrected chi connectivity index (χ0v) is 27.4. The van der Waals surface area contributed by atoms with Crippen LogP contribution in [-0.4, -0.2) is 92.7 Å². The van der Waals surface area contributed by atoms with Gasteiger partial charge in [0.15, 0.2) is 5.82 Å². The highest BCUT2D eigenvalue weighted by molar-refractivity contribution is 9.10. The van der Waals surface area contributed by atoms with E-state index in [1.54, 1.807) is 9.80 Å². The molecule has 1 atom stereocenters. The van der Waals surface area contributed by atoms with Crippen molar-refractivity contribution < 1.29 is 27.9 Å². The molecule has 3 heterocycles. The van der Waals surface area contributed by atoms with Crippen LogP contribution in [-0.2, 0) is 22.2 Å². The van der Waals surface area contributed by atoms with E-state index in [0.29, 0.717) is 50.9 Å². The third kappa shape index (κ3) is 7.65. The summed E-state index contributed by atoms with van der Waals surface area (Å²) in [5.41, 5.74) is -0.550. The van der Waals surface area contributed by atoms with Crippen LogP contribution in [0.25, 0.3) is 11.4 Å². The van der Waals surface area contributed by atoms with Crippen molar-refractivity contribution in [2.75, 3.05) is 40.3 Å². The van der Waals surface area contributed by atoms with Crippen LogP contribution in [0.2, 0.25) is 0 Å². The Morgan fingerprint density at radius 3 is 2.28 bits per heavy atom. The van der Waals surface area contributed by atoms with Gasteiger partial charge in [0, 0.05) is 44.2 Å². The summed E-state index contributed by atoms with van der Waals surface area (Å²) >= 11 is 3.01. The smallest absolute Gasteiger partial charge is 0.420 e. The summed E-state index contributed by atoms with van der Waals surface area (Å²) in [6.07, 6.45) is -2.57. The summed E-state index contributed by atoms with van der Waals surface area (Å²) < 4.78 is 42.3. The van der Waals surface area contributed by atoms with Crippen molar-refractivity contribution in [3.8, 4) is 17.1 Å². The number of nitrogens with zero attached hydrogens (tertiary/aromatic N) is 5. The number of hydrogen-bond donors (Lipinski definition) is 2. The minimum atomic E-state index is -4.80. The minimum Gasteiger partial charge on any atom is -0.506 e. The number of phenolic OH excluding ortho intramolecular Hbond substituents is 1. The molecule has 2 aromatic carbocycles. The number of benzene rings is 2. The Bertz CT molecular complexity index is 1590. The first-order valence-electron chi connectivity index (χ1n) is 15.4. The molecular formula is C32H38BrF3N6O4. The van der Waals surface area contributed by atoms with Gasteiger partial charge >= 0.3 is 11.9 Å². The molecule has 0 bridgehead atoms. The first kappa shape index (κ1) is 33.7. The largest absolute Gasteiger partial charge is 0.506 e. The van der Waals surface area contributed by atoms with E-state index >= 15 is 0 Å². The van der Waals surface area contributed by atoms with Gasteiger partial charge in [-0.25, -0.2) is 9.48 Å². The molecule has 2 saturated heterocycles. The lowest BCUT2D eigenvalue weighted by atomic mass is 9.91. The zero-order chi connectivity index (χ0) is 33.2. The van der Waals surface area contributed by atoms with E-state index in [1.807, 2.05) is 44.4 Å². The van der Waals surface area contributed by atoms with Crippen LogP contribution in [0.3, 0.4) is 0 Å². The maximum Gasteiger partial charge on any atom is 0.420 e. The summed E-state index contributed by atoms with van der Waals surface area (Å²) in [4.78, 5) is 48.4. The van der Waals surface area contributed by atoms with Crippen LogP contribution in [0, 0.1) is 5.92 Å². The van der Waals surface area contributed by atoms with Gasteiger partial charge < -0.3 is 19.8 Å². The molecule has 2 fully saturated rings. The molecule has 2 amide bonds. The van der Waals surface area contributed by atoms with Gasteiger partial charge in [0.1, 0.15) is 5.75 Å². The molecule has 2 aliphatic heterocycles. The number of nitrogens with one attached hydrogen (secondary N) is 1. The summed E-state index contributed by atoms with van der Waals surface area (Å²) in [6, 6.07) is 11.6. The van der Waals surface area contributed by atoms with Crippen LogP contribution in [0.4, 0.5) is 13.2 Å². The molecule has 0 spiro atoms. The number of H-pyrrole nitrogens is 1. The highest BCUT2D eigenvalue weighted by atomic mass is 79.9. The van der Waals surface area contributed by atoms with Gasteiger partial charge in [0.05, 0.1) is 22.0 Å². The van der Waals surface area contributed by atoms with Crippen molar-refractivity contribution >= 4 is 27.7 Å². The monoisotopic (exact) mass is 706 g/mol. The summed E-state index contributed by atoms with van der Waals surface area (Å²) in [5.74, 6) is -1.88. The van der Waals surface area contributed by atoms with E-state index in [1.165, 1.54) is 10.7 Å². The molecule has 0 saturated carbocycles. The number of aromatic nitrogens is 3. The molecule has 5 rings (SSSR count). The Morgan fingerprint density at radius 2 is 1.67 bits per heavy atom. The number of carbonyl (C=O) groups is 2. The van der Waals surface area contributed by atoms with Gasteiger partial charge in [-0.2, -0.15) is 13.2 Å². The predicted octanol–water partition coefficient (Wildman–Crippen LogP) is 4.69. The summed E-state index contributed by atoms with van der Waals surface area (Å²) in [6.45, 7) is 1.69. The molecule has 2 N–H and O–H groups in total. The number of rotatable bonds is 8. The van der Waals surface area contributed by atoms with Gasteiger partial charge in [0.2, 0.25) is 11.8 Å². The highest BCUT2D eigenvalue weighted by Gasteiger charge is 2.37. The Labute approximate surface area is 273 Å². The van der Waals surface area contributed by atoms with Crippen molar-refractivity contribution in [1.82, 2.24) is 29.5 Å². The summed E-state index contributed by atoms with van der Waals surface area (Å²) in [5, 5.41) is 14.5. The molecule has 0 unspecified atom stereocenters. The second-order valence-electron chi connectivity index (χ2n) is 12.3. The molecular weight excluding hydrogens is 669 g/mol. The lowest BCUT2D eigenvalue weighted by Crippen LogP contribution is -2.48. The topological polar surface area (TPSA) is 115 Å². The van der Waals surface area contributed by atoms with Gasteiger partial charge in [-0.05, 0) is 79.8 Å². The van der Waals surface area contributed by atoms with Crippen molar-refractivity contribution in [1.29, 1.82) is 0 Å². The zero-order valence-electron chi connectivity index (χ0n) is 25.8. The number of aromatic hydroxyl groups is 1. The lowest BCUT2D eigenvalue weighted by molar-refractivity contribution is -0.143. The third-order valence-corrected chi connectivity index (χ3v) is 9.64. The van der Waals surface area contributed by atoms with Crippen LogP contribution in [0.1, 0.15) is 49.3 Å². The average Bonchev–Trinajstić information content (AvgIpc) is 3.43. The average molecular weight is 708 g/mol. The number of carbonyl (C=O) groups excluding carboxylic acids is 2. The minimum absolute atomic E-state index is 0.0957. The number of hydrogen-bond acceptors (Lipinski definition) is 6. The van der Waals surface area contributed by atoms with Gasteiger partial charge in [-0.15, -0.1) is 5.10 Å². The van der Waals surface area contributed by atoms with Crippen LogP contribution in [0.5, 0.6) is 5.75 Å². The molecule has 0 radical (unpaired) electrons. The number of phenols is 1. The molecule has 14 heteroatoms. The third-order valence-electron chi connectivity index (χ3n) is 9.04. The van der Waals surface area contributed by atoms with Crippen molar-refractivity contribution in [3.05, 3.63) is 68.5 Å². The first-order valence-corrected chi connectivity index (χ1v) is 16.2. The highest BCUT2D eigenvalue weighted by Crippen LogP contribution is 2.41. The second-order valence-corrected chi connectivity index (χ2v) is 13.2. The molecule has 46 heavy (non-hydrogen) atoms. The van der Waals surface area contributed by atoms with Crippen molar-refractivity contribution in [3.63, 3.8) is 0 Å². The van der Waals surface area contributed by atoms with Gasteiger partial charge in [-0.3, -0.25) is 14.6 Å². The Balaban J connectivity index is 1.30. The molecule has 2 aliphatic rings. The number of likely N-dealkylation sites (tertiary alicyclic amines) is 2. The molecule has 3 aromatic rings. The van der Waals surface area contributed by atoms with Crippen LogP contribution >= 0.6 is 15.9 Å². The van der Waals surface area contributed by atoms with Crippen molar-refractivity contribution in [2.45, 2.75) is 56.8 Å². The first-order chi connectivity index (χ1) is 21.8. The fourth-order valence-electron chi connectivity index (χ4n) is 6.39. The Hall–Kier alpha value is -3.65. The predicted molar refractivity (Wildman–Crippen MR) is 169 cm³/mol. The van der Waals surface area contributed by atoms with Crippen LogP contribution in [0.15, 0.2) is 51.7 Å². The number of alkyl halides is 3. The number of piperidine rings is 2. The fraction of sp³-hybridized carbons (Fsp3) is 0.500. The van der Waals surface area contributed by atoms with E-state index in [0.717, 1.165) is 24.5 Å². The van der Waals surface area contributed by atoms with E-state index in [2.05, 4.69) is 30.9 Å². The Kier molecular flexibility index (Phi) is 10.3. The van der Waals surface area contributed by atoms with E-state index in [9.17, 15) is 32.7 Å². The quantitative estimate of drug-likeness (QED) is 0.352. The maximum atomic E-state index is 13.8. The molecule has 1 aromatic heterocycles. The normalized spacial score (nSPS) is 17.5. The SMILES string of the molecule is CN(C)C1CCN(C(=O)[C@H](CC(=O)N2CCC(n3nc(-c4ccccc4)[nH]c3=O)CC2)Cc2cc(Br)c(O)c(C(F)(F)F)c2)CC1. The van der Waals surface area contributed by atoms with Gasteiger partial charge in [-0.1, -0.05) is 30.3 Å². The Morgan fingerprint density at radius 1 is 1.04 bits per heavy atom. The number of halogens is 4. The van der Waals surface area contributed by atoms with E-state index in [-0.39, 0.29) is 46.4 Å². The van der Waals surface area contributed by atoms with E-state index < -0.39 is 23.4 Å². The molecule has 0 aliphatic carbocycles. The lowest BCUT2D eigenvalue weighted by Gasteiger charge is -2.37. The second kappa shape index (κ2) is 14.0. The van der Waals surface area contributed by atoms with Gasteiger partial charge in [0.25, 0.3) is 0 Å². The van der Waals surface area contributed by atoms with Crippen molar-refractivity contribution in [2.24, 2.45) is 5.92 Å². The maximum absolute atomic E-state index is 13.8. The standard InChI is InChI=1S/C32H38BrF3N6O4/c1-39(2)23-8-14-41(15-9-23)30(45)22(16-20-17-25(32(34,35)36)28(44)26(33)18-20)19-27(43)40-12-10-24(11-13-40)42-31(46)37-29(38-42)21-6-4-3-5-7-21/h3-7,17-18,22-24,44H,8-16,19H2,1-2H3,(H,37,38,46)/t22-/m0/s1. The number of aromatic amines is 1.